The monoisotopic (exact) mass is 340 g/mol. The van der Waals surface area contributed by atoms with Crippen LogP contribution in [0.15, 0.2) is 40.9 Å². The summed E-state index contributed by atoms with van der Waals surface area (Å²) >= 11 is 9.22. The number of rotatable bonds is 3. The number of carbonyl (C=O) groups is 1. The summed E-state index contributed by atoms with van der Waals surface area (Å²) in [6.07, 6.45) is 0. The van der Waals surface area contributed by atoms with Crippen LogP contribution in [0.5, 0.6) is 0 Å². The number of nitrogens with two attached hydrogens (primary N) is 1. The number of hydrogen-bond donors (Lipinski definition) is 3. The van der Waals surface area contributed by atoms with E-state index in [1.165, 1.54) is 12.1 Å². The maximum atomic E-state index is 10.9. The second-order valence-corrected chi connectivity index (χ2v) is 5.12. The molecule has 0 aliphatic heterocycles. The average Bonchev–Trinajstić information content (AvgIpc) is 2.36. The van der Waals surface area contributed by atoms with E-state index in [1.807, 2.05) is 0 Å². The number of carboxylic acid groups (broad SMARTS) is 1. The third kappa shape index (κ3) is 3.19. The van der Waals surface area contributed by atoms with Crippen molar-refractivity contribution in [3.8, 4) is 0 Å². The number of benzene rings is 2. The molecule has 98 valence electrons. The largest absolute Gasteiger partial charge is 0.478 e. The van der Waals surface area contributed by atoms with Gasteiger partial charge in [0.15, 0.2) is 0 Å². The number of nitrogen functional groups attached to an aromatic ring is 1. The van der Waals surface area contributed by atoms with E-state index < -0.39 is 5.97 Å². The van der Waals surface area contributed by atoms with Gasteiger partial charge in [-0.25, -0.2) is 4.79 Å². The van der Waals surface area contributed by atoms with Crippen molar-refractivity contribution < 1.29 is 9.90 Å². The molecule has 0 aliphatic rings. The lowest BCUT2D eigenvalue weighted by molar-refractivity contribution is 0.0697. The molecule has 2 aromatic rings. The van der Waals surface area contributed by atoms with E-state index >= 15 is 0 Å². The van der Waals surface area contributed by atoms with Crippen LogP contribution in [0.3, 0.4) is 0 Å². The summed E-state index contributed by atoms with van der Waals surface area (Å²) in [5.41, 5.74) is 7.74. The third-order valence-electron chi connectivity index (χ3n) is 2.50. The maximum absolute atomic E-state index is 10.9. The van der Waals surface area contributed by atoms with Gasteiger partial charge in [0, 0.05) is 10.2 Å². The molecule has 0 amide bonds. The zero-order chi connectivity index (χ0) is 14.0. The molecule has 0 radical (unpaired) electrons. The minimum absolute atomic E-state index is 0.171. The molecule has 19 heavy (non-hydrogen) atoms. The molecular weight excluding hydrogens is 332 g/mol. The number of hydrogen-bond acceptors (Lipinski definition) is 3. The first-order valence-electron chi connectivity index (χ1n) is 5.32. The Balaban J connectivity index is 2.34. The van der Waals surface area contributed by atoms with Crippen LogP contribution in [0, 0.1) is 0 Å². The Morgan fingerprint density at radius 1 is 1.26 bits per heavy atom. The van der Waals surface area contributed by atoms with Gasteiger partial charge >= 0.3 is 5.97 Å². The van der Waals surface area contributed by atoms with Gasteiger partial charge in [-0.15, -0.1) is 0 Å². The molecule has 0 saturated heterocycles. The number of halogens is 2. The zero-order valence-corrected chi connectivity index (χ0v) is 12.0. The van der Waals surface area contributed by atoms with E-state index in [0.717, 1.165) is 10.2 Å². The van der Waals surface area contributed by atoms with Gasteiger partial charge in [-0.1, -0.05) is 11.6 Å². The number of anilines is 3. The van der Waals surface area contributed by atoms with Gasteiger partial charge in [-0.3, -0.25) is 0 Å². The summed E-state index contributed by atoms with van der Waals surface area (Å²) in [6, 6.07) is 9.79. The first-order chi connectivity index (χ1) is 8.97. The van der Waals surface area contributed by atoms with Crippen LogP contribution in [-0.2, 0) is 0 Å². The predicted octanol–water partition coefficient (Wildman–Crippen LogP) is 4.13. The Morgan fingerprint density at radius 3 is 2.63 bits per heavy atom. The summed E-state index contributed by atoms with van der Waals surface area (Å²) in [5, 5.41) is 12.6. The third-order valence-corrected chi connectivity index (χ3v) is 3.71. The van der Waals surface area contributed by atoms with Crippen molar-refractivity contribution in [3.63, 3.8) is 0 Å². The van der Waals surface area contributed by atoms with Crippen molar-refractivity contribution in [2.24, 2.45) is 0 Å². The molecule has 0 fully saturated rings. The molecule has 0 aliphatic carbocycles. The topological polar surface area (TPSA) is 75.4 Å². The predicted molar refractivity (Wildman–Crippen MR) is 80.2 cm³/mol. The Bertz CT molecular complexity index is 647. The Hall–Kier alpha value is -1.72. The normalized spacial score (nSPS) is 10.2. The van der Waals surface area contributed by atoms with Crippen molar-refractivity contribution in [3.05, 3.63) is 51.5 Å². The number of nitrogens with one attached hydrogen (secondary N) is 1. The Labute approximate surface area is 123 Å². The van der Waals surface area contributed by atoms with Gasteiger partial charge in [0.25, 0.3) is 0 Å². The maximum Gasteiger partial charge on any atom is 0.335 e. The summed E-state index contributed by atoms with van der Waals surface area (Å²) in [4.78, 5) is 10.9. The van der Waals surface area contributed by atoms with Crippen LogP contribution in [0.25, 0.3) is 0 Å². The van der Waals surface area contributed by atoms with E-state index in [1.54, 1.807) is 24.3 Å². The SMILES string of the molecule is Nc1ccc(C(=O)O)cc1Nc1ccc(Cl)c(Br)c1. The van der Waals surface area contributed by atoms with E-state index in [-0.39, 0.29) is 5.56 Å². The Morgan fingerprint density at radius 2 is 2.00 bits per heavy atom. The highest BCUT2D eigenvalue weighted by Gasteiger charge is 2.07. The summed E-state index contributed by atoms with van der Waals surface area (Å²) in [7, 11) is 0. The minimum Gasteiger partial charge on any atom is -0.478 e. The molecule has 2 aromatic carbocycles. The van der Waals surface area contributed by atoms with Crippen molar-refractivity contribution in [2.75, 3.05) is 11.1 Å². The number of aromatic carboxylic acids is 1. The van der Waals surface area contributed by atoms with Crippen LogP contribution in [0.4, 0.5) is 17.1 Å². The standard InChI is InChI=1S/C13H10BrClN2O2/c14-9-6-8(2-3-10(9)15)17-12-5-7(13(18)19)1-4-11(12)16/h1-6,17H,16H2,(H,18,19). The van der Waals surface area contributed by atoms with Gasteiger partial charge in [-0.05, 0) is 52.3 Å². The van der Waals surface area contributed by atoms with Crippen molar-refractivity contribution in [2.45, 2.75) is 0 Å². The summed E-state index contributed by atoms with van der Waals surface area (Å²) in [5.74, 6) is -1.000. The first-order valence-corrected chi connectivity index (χ1v) is 6.49. The fraction of sp³-hybridized carbons (Fsp3) is 0. The van der Waals surface area contributed by atoms with Crippen molar-refractivity contribution in [1.29, 1.82) is 0 Å². The molecule has 0 bridgehead atoms. The summed E-state index contributed by atoms with van der Waals surface area (Å²) in [6.45, 7) is 0. The lowest BCUT2D eigenvalue weighted by atomic mass is 10.1. The quantitative estimate of drug-likeness (QED) is 0.734. The van der Waals surface area contributed by atoms with Crippen molar-refractivity contribution in [1.82, 2.24) is 0 Å². The van der Waals surface area contributed by atoms with Gasteiger partial charge < -0.3 is 16.2 Å². The highest BCUT2D eigenvalue weighted by atomic mass is 79.9. The van der Waals surface area contributed by atoms with E-state index in [0.29, 0.717) is 16.4 Å². The van der Waals surface area contributed by atoms with E-state index in [2.05, 4.69) is 21.2 Å². The highest BCUT2D eigenvalue weighted by molar-refractivity contribution is 9.10. The van der Waals surface area contributed by atoms with E-state index in [9.17, 15) is 4.79 Å². The molecule has 2 rings (SSSR count). The van der Waals surface area contributed by atoms with Crippen LogP contribution in [-0.4, -0.2) is 11.1 Å². The lowest BCUT2D eigenvalue weighted by Crippen LogP contribution is -2.01. The fourth-order valence-corrected chi connectivity index (χ4v) is 2.02. The first kappa shape index (κ1) is 13.7. The van der Waals surface area contributed by atoms with Crippen molar-refractivity contribution >= 4 is 50.6 Å². The number of carboxylic acids is 1. The smallest absolute Gasteiger partial charge is 0.335 e. The van der Waals surface area contributed by atoms with Gasteiger partial charge in [0.1, 0.15) is 0 Å². The molecule has 4 nitrogen and oxygen atoms in total. The van der Waals surface area contributed by atoms with Gasteiger partial charge in [-0.2, -0.15) is 0 Å². The Kier molecular flexibility index (Phi) is 3.97. The van der Waals surface area contributed by atoms with Crippen LogP contribution in [0.2, 0.25) is 5.02 Å². The molecule has 0 saturated carbocycles. The second-order valence-electron chi connectivity index (χ2n) is 3.86. The molecule has 4 N–H and O–H groups in total. The highest BCUT2D eigenvalue weighted by Crippen LogP contribution is 2.29. The molecule has 6 heteroatoms. The van der Waals surface area contributed by atoms with Crippen LogP contribution in [0.1, 0.15) is 10.4 Å². The second kappa shape index (κ2) is 5.50. The van der Waals surface area contributed by atoms with E-state index in [4.69, 9.17) is 22.4 Å². The molecule has 0 spiro atoms. The van der Waals surface area contributed by atoms with Crippen LogP contribution >= 0.6 is 27.5 Å². The minimum atomic E-state index is -1.000. The average molecular weight is 342 g/mol. The summed E-state index contributed by atoms with van der Waals surface area (Å²) < 4.78 is 0.743. The van der Waals surface area contributed by atoms with Gasteiger partial charge in [0.2, 0.25) is 0 Å². The van der Waals surface area contributed by atoms with Crippen LogP contribution < -0.4 is 11.1 Å². The molecular formula is C13H10BrClN2O2. The van der Waals surface area contributed by atoms with Gasteiger partial charge in [0.05, 0.1) is 22.0 Å². The molecule has 0 heterocycles. The lowest BCUT2D eigenvalue weighted by Gasteiger charge is -2.11. The fourth-order valence-electron chi connectivity index (χ4n) is 1.53. The molecule has 0 unspecified atom stereocenters. The molecule has 0 aromatic heterocycles. The molecule has 0 atom stereocenters. The zero-order valence-electron chi connectivity index (χ0n) is 9.65.